The van der Waals surface area contributed by atoms with Crippen LogP contribution in [0.4, 0.5) is 16.5 Å². The lowest BCUT2D eigenvalue weighted by Crippen LogP contribution is -2.32. The Morgan fingerprint density at radius 1 is 1.14 bits per heavy atom. The Labute approximate surface area is 129 Å². The van der Waals surface area contributed by atoms with E-state index in [1.54, 1.807) is 11.3 Å². The molecule has 5 heteroatoms. The van der Waals surface area contributed by atoms with Crippen LogP contribution in [0.3, 0.4) is 0 Å². The molecule has 1 saturated heterocycles. The minimum atomic E-state index is 0.909. The zero-order valence-corrected chi connectivity index (χ0v) is 13.4. The minimum Gasteiger partial charge on any atom is -0.372 e. The Hall–Kier alpha value is -1.75. The minimum absolute atomic E-state index is 0.909. The zero-order chi connectivity index (χ0) is 14.7. The Morgan fingerprint density at radius 3 is 2.52 bits per heavy atom. The van der Waals surface area contributed by atoms with E-state index < -0.39 is 0 Å². The molecule has 1 aliphatic heterocycles. The normalized spacial score (nSPS) is 15.2. The number of hydrogen-bond acceptors (Lipinski definition) is 4. The van der Waals surface area contributed by atoms with Crippen molar-refractivity contribution in [1.29, 1.82) is 0 Å². The first-order valence-corrected chi connectivity index (χ1v) is 8.40. The first kappa shape index (κ1) is 14.2. The van der Waals surface area contributed by atoms with Crippen LogP contribution in [0.5, 0.6) is 0 Å². The molecule has 4 nitrogen and oxygen atoms in total. The molecule has 21 heavy (non-hydrogen) atoms. The van der Waals surface area contributed by atoms with Gasteiger partial charge in [0, 0.05) is 24.2 Å². The third-order valence-corrected chi connectivity index (χ3v) is 4.85. The number of thiazole rings is 1. The van der Waals surface area contributed by atoms with E-state index in [0.29, 0.717) is 0 Å². The summed E-state index contributed by atoms with van der Waals surface area (Å²) in [6.07, 6.45) is 2.60. The van der Waals surface area contributed by atoms with Crippen LogP contribution >= 0.6 is 11.3 Å². The summed E-state index contributed by atoms with van der Waals surface area (Å²) in [7, 11) is 0. The average Bonchev–Trinajstić information content (AvgIpc) is 3.15. The van der Waals surface area contributed by atoms with Crippen LogP contribution in [0.15, 0.2) is 39.9 Å². The van der Waals surface area contributed by atoms with Gasteiger partial charge in [0.25, 0.3) is 0 Å². The van der Waals surface area contributed by atoms with Crippen molar-refractivity contribution in [3.05, 3.63) is 35.3 Å². The largest absolute Gasteiger partial charge is 0.408 e. The van der Waals surface area contributed by atoms with Crippen molar-refractivity contribution in [3.8, 4) is 0 Å². The maximum absolute atomic E-state index is 4.39. The van der Waals surface area contributed by atoms with Gasteiger partial charge in [-0.25, -0.2) is 4.57 Å². The second kappa shape index (κ2) is 6.35. The number of aromatic nitrogens is 1. The molecule has 0 amide bonds. The van der Waals surface area contributed by atoms with Crippen molar-refractivity contribution in [1.82, 2.24) is 0 Å². The number of aryl methyl sites for hydroxylation is 1. The van der Waals surface area contributed by atoms with Gasteiger partial charge in [-0.15, -0.1) is 0 Å². The summed E-state index contributed by atoms with van der Waals surface area (Å²) in [5.74, 6) is 0. The highest BCUT2D eigenvalue weighted by molar-refractivity contribution is 7.12. The molecule has 0 unspecified atom stereocenters. The van der Waals surface area contributed by atoms with Crippen LogP contribution in [0.1, 0.15) is 25.5 Å². The number of nitrogens with zero attached hydrogens (tertiary/aromatic N) is 4. The number of benzene rings is 1. The molecule has 0 N–H and O–H groups in total. The van der Waals surface area contributed by atoms with Gasteiger partial charge in [-0.1, -0.05) is 0 Å². The van der Waals surface area contributed by atoms with E-state index in [0.717, 1.165) is 17.4 Å². The van der Waals surface area contributed by atoms with Gasteiger partial charge in [0.15, 0.2) is 0 Å². The number of hydrogen-bond donors (Lipinski definition) is 0. The highest BCUT2D eigenvalue weighted by Gasteiger charge is 2.14. The van der Waals surface area contributed by atoms with Crippen LogP contribution < -0.4 is 9.47 Å². The number of anilines is 1. The molecule has 1 aromatic heterocycles. The summed E-state index contributed by atoms with van der Waals surface area (Å²) in [4.78, 5) is 2.43. The lowest BCUT2D eigenvalue weighted by Gasteiger charge is -2.16. The van der Waals surface area contributed by atoms with Crippen LogP contribution in [-0.2, 0) is 6.54 Å². The summed E-state index contributed by atoms with van der Waals surface area (Å²) in [6.45, 7) is 7.50. The van der Waals surface area contributed by atoms with Gasteiger partial charge in [0.2, 0.25) is 0 Å². The predicted molar refractivity (Wildman–Crippen MR) is 87.0 cm³/mol. The van der Waals surface area contributed by atoms with Gasteiger partial charge in [-0.05, 0) is 67.4 Å². The lowest BCUT2D eigenvalue weighted by molar-refractivity contribution is -0.682. The second-order valence-corrected chi connectivity index (χ2v) is 6.15. The molecular weight excluding hydrogens is 280 g/mol. The van der Waals surface area contributed by atoms with Crippen LogP contribution in [-0.4, -0.2) is 13.1 Å². The summed E-state index contributed by atoms with van der Waals surface area (Å²) >= 11 is 1.64. The van der Waals surface area contributed by atoms with Crippen molar-refractivity contribution in [2.24, 2.45) is 10.2 Å². The SMILES string of the molecule is CC[n+]1c(C)csc1/N=N/c1ccc(N2CCCC2)cc1. The van der Waals surface area contributed by atoms with Gasteiger partial charge in [-0.2, -0.15) is 0 Å². The van der Waals surface area contributed by atoms with E-state index in [2.05, 4.69) is 51.1 Å². The first-order chi connectivity index (χ1) is 10.3. The first-order valence-electron chi connectivity index (χ1n) is 7.52. The topological polar surface area (TPSA) is 31.8 Å². The fourth-order valence-corrected chi connectivity index (χ4v) is 3.58. The lowest BCUT2D eigenvalue weighted by atomic mass is 10.2. The molecule has 1 aliphatic rings. The van der Waals surface area contributed by atoms with E-state index in [1.807, 2.05) is 12.1 Å². The Balaban J connectivity index is 1.73. The van der Waals surface area contributed by atoms with Crippen molar-refractivity contribution in [3.63, 3.8) is 0 Å². The molecular formula is C16H21N4S+. The molecule has 0 bridgehead atoms. The molecule has 0 spiro atoms. The highest BCUT2D eigenvalue weighted by atomic mass is 32.1. The fourth-order valence-electron chi connectivity index (χ4n) is 2.68. The Morgan fingerprint density at radius 2 is 1.86 bits per heavy atom. The molecule has 2 heterocycles. The van der Waals surface area contributed by atoms with E-state index in [1.165, 1.54) is 37.3 Å². The Kier molecular flexibility index (Phi) is 4.29. The second-order valence-electron chi connectivity index (χ2n) is 5.31. The van der Waals surface area contributed by atoms with E-state index in [-0.39, 0.29) is 0 Å². The number of rotatable bonds is 4. The summed E-state index contributed by atoms with van der Waals surface area (Å²) < 4.78 is 2.17. The molecule has 1 fully saturated rings. The summed E-state index contributed by atoms with van der Waals surface area (Å²) in [6, 6.07) is 8.39. The van der Waals surface area contributed by atoms with Crippen molar-refractivity contribution in [2.75, 3.05) is 18.0 Å². The van der Waals surface area contributed by atoms with Crippen molar-refractivity contribution < 1.29 is 4.57 Å². The standard InChI is InChI=1S/C16H21N4S/c1-3-20-13(2)12-21-16(20)18-17-14-6-8-15(9-7-14)19-10-4-5-11-19/h6-9,12H,3-5,10-11H2,1-2H3/q+1. The van der Waals surface area contributed by atoms with Gasteiger partial charge in [0.05, 0.1) is 11.7 Å². The van der Waals surface area contributed by atoms with Gasteiger partial charge in [0.1, 0.15) is 11.4 Å². The molecule has 2 aromatic rings. The molecule has 0 aliphatic carbocycles. The molecule has 3 rings (SSSR count). The van der Waals surface area contributed by atoms with Crippen LogP contribution in [0.25, 0.3) is 0 Å². The van der Waals surface area contributed by atoms with E-state index >= 15 is 0 Å². The zero-order valence-electron chi connectivity index (χ0n) is 12.6. The van der Waals surface area contributed by atoms with Crippen LogP contribution in [0, 0.1) is 6.92 Å². The average molecular weight is 301 g/mol. The molecule has 0 saturated carbocycles. The summed E-state index contributed by atoms with van der Waals surface area (Å²) in [5, 5.41) is 11.8. The quantitative estimate of drug-likeness (QED) is 0.609. The van der Waals surface area contributed by atoms with Gasteiger partial charge < -0.3 is 4.90 Å². The maximum atomic E-state index is 4.39. The van der Waals surface area contributed by atoms with Crippen molar-refractivity contribution >= 4 is 27.8 Å². The van der Waals surface area contributed by atoms with E-state index in [4.69, 9.17) is 0 Å². The smallest absolute Gasteiger partial charge is 0.372 e. The number of azo groups is 1. The van der Waals surface area contributed by atoms with Gasteiger partial charge >= 0.3 is 5.13 Å². The predicted octanol–water partition coefficient (Wildman–Crippen LogP) is 4.38. The molecule has 0 radical (unpaired) electrons. The monoisotopic (exact) mass is 301 g/mol. The third-order valence-electron chi connectivity index (χ3n) is 3.88. The van der Waals surface area contributed by atoms with Gasteiger partial charge in [-0.3, -0.25) is 0 Å². The van der Waals surface area contributed by atoms with Crippen LogP contribution in [0.2, 0.25) is 0 Å². The summed E-state index contributed by atoms with van der Waals surface area (Å²) in [5.41, 5.74) is 3.44. The Bertz CT molecular complexity index is 624. The highest BCUT2D eigenvalue weighted by Crippen LogP contribution is 2.25. The fraction of sp³-hybridized carbons (Fsp3) is 0.438. The molecule has 0 atom stereocenters. The maximum Gasteiger partial charge on any atom is 0.408 e. The molecule has 1 aromatic carbocycles. The van der Waals surface area contributed by atoms with E-state index in [9.17, 15) is 0 Å². The third kappa shape index (κ3) is 3.13. The van der Waals surface area contributed by atoms with Crippen molar-refractivity contribution in [2.45, 2.75) is 33.2 Å². The molecule has 110 valence electrons.